The number of fused-ring (bicyclic) bond motifs is 1. The molecule has 0 heterocycles. The van der Waals surface area contributed by atoms with Crippen LogP contribution in [0.1, 0.15) is 18.6 Å². The second-order valence-electron chi connectivity index (χ2n) is 3.39. The van der Waals surface area contributed by atoms with Gasteiger partial charge in [0.1, 0.15) is 0 Å². The van der Waals surface area contributed by atoms with Gasteiger partial charge in [0.15, 0.2) is 0 Å². The first-order valence-electron chi connectivity index (χ1n) is 4.55. The quantitative estimate of drug-likeness (QED) is 0.757. The van der Waals surface area contributed by atoms with Crippen LogP contribution in [-0.2, 0) is 0 Å². The van der Waals surface area contributed by atoms with Gasteiger partial charge in [-0.2, -0.15) is 0 Å². The molecule has 2 aromatic carbocycles. The largest absolute Gasteiger partial charge is 0.389 e. The second kappa shape index (κ2) is 3.60. The molecule has 1 unspecified atom stereocenters. The summed E-state index contributed by atoms with van der Waals surface area (Å²) in [6.45, 7) is 1.75. The van der Waals surface area contributed by atoms with Gasteiger partial charge in [0.05, 0.1) is 6.10 Å². The summed E-state index contributed by atoms with van der Waals surface area (Å²) in [5.41, 5.74) is 0.883. The fourth-order valence-electron chi connectivity index (χ4n) is 1.65. The van der Waals surface area contributed by atoms with Crippen molar-refractivity contribution in [1.29, 1.82) is 0 Å². The molecule has 0 amide bonds. The molecule has 0 aromatic heterocycles. The Morgan fingerprint density at radius 2 is 1.93 bits per heavy atom. The molecule has 14 heavy (non-hydrogen) atoms. The highest BCUT2D eigenvalue weighted by Crippen LogP contribution is 2.27. The van der Waals surface area contributed by atoms with E-state index >= 15 is 0 Å². The predicted octanol–water partition coefficient (Wildman–Crippen LogP) is 3.55. The zero-order chi connectivity index (χ0) is 10.1. The number of rotatable bonds is 1. The van der Waals surface area contributed by atoms with Crippen LogP contribution in [0.5, 0.6) is 0 Å². The maximum atomic E-state index is 9.59. The Hall–Kier alpha value is -1.05. The first-order chi connectivity index (χ1) is 6.68. The van der Waals surface area contributed by atoms with Gasteiger partial charge in [-0.1, -0.05) is 35.9 Å². The van der Waals surface area contributed by atoms with Gasteiger partial charge in [0.2, 0.25) is 0 Å². The molecule has 0 aliphatic carbocycles. The van der Waals surface area contributed by atoms with Crippen LogP contribution in [0.2, 0.25) is 5.02 Å². The highest BCUT2D eigenvalue weighted by atomic mass is 35.5. The first-order valence-corrected chi connectivity index (χ1v) is 4.92. The molecule has 2 heteroatoms. The van der Waals surface area contributed by atoms with Crippen LogP contribution in [0.25, 0.3) is 10.8 Å². The van der Waals surface area contributed by atoms with E-state index in [0.29, 0.717) is 5.02 Å². The van der Waals surface area contributed by atoms with Crippen molar-refractivity contribution in [2.24, 2.45) is 0 Å². The molecular formula is C12H11ClO. The van der Waals surface area contributed by atoms with Crippen molar-refractivity contribution in [3.8, 4) is 0 Å². The van der Waals surface area contributed by atoms with E-state index in [1.807, 2.05) is 36.4 Å². The SMILES string of the molecule is CC(O)c1cc(Cl)cc2ccccc12. The lowest BCUT2D eigenvalue weighted by atomic mass is 10.0. The van der Waals surface area contributed by atoms with E-state index in [4.69, 9.17) is 11.6 Å². The molecule has 0 radical (unpaired) electrons. The van der Waals surface area contributed by atoms with Gasteiger partial charge in [-0.3, -0.25) is 0 Å². The molecule has 72 valence electrons. The van der Waals surface area contributed by atoms with Crippen molar-refractivity contribution in [1.82, 2.24) is 0 Å². The fourth-order valence-corrected chi connectivity index (χ4v) is 1.88. The van der Waals surface area contributed by atoms with Crippen molar-refractivity contribution < 1.29 is 5.11 Å². The number of halogens is 1. The van der Waals surface area contributed by atoms with Gasteiger partial charge in [0, 0.05) is 5.02 Å². The molecule has 2 aromatic rings. The summed E-state index contributed by atoms with van der Waals surface area (Å²) in [5, 5.41) is 12.4. The van der Waals surface area contributed by atoms with E-state index in [1.165, 1.54) is 0 Å². The zero-order valence-electron chi connectivity index (χ0n) is 7.87. The summed E-state index contributed by atoms with van der Waals surface area (Å²) in [6.07, 6.45) is -0.487. The lowest BCUT2D eigenvalue weighted by Crippen LogP contribution is -1.92. The van der Waals surface area contributed by atoms with Gasteiger partial charge in [0.25, 0.3) is 0 Å². The highest BCUT2D eigenvalue weighted by molar-refractivity contribution is 6.31. The molecule has 0 spiro atoms. The number of benzene rings is 2. The average Bonchev–Trinajstić information content (AvgIpc) is 2.16. The van der Waals surface area contributed by atoms with Gasteiger partial charge >= 0.3 is 0 Å². The van der Waals surface area contributed by atoms with Crippen LogP contribution in [-0.4, -0.2) is 5.11 Å². The molecule has 1 atom stereocenters. The van der Waals surface area contributed by atoms with E-state index in [2.05, 4.69) is 0 Å². The first kappa shape index (κ1) is 9.50. The third kappa shape index (κ3) is 1.61. The summed E-state index contributed by atoms with van der Waals surface area (Å²) in [4.78, 5) is 0. The normalized spacial score (nSPS) is 13.1. The molecule has 0 aliphatic rings. The minimum Gasteiger partial charge on any atom is -0.389 e. The molecule has 0 fully saturated rings. The third-order valence-corrected chi connectivity index (χ3v) is 2.53. The van der Waals surface area contributed by atoms with E-state index in [1.54, 1.807) is 6.92 Å². The Bertz CT molecular complexity index is 463. The van der Waals surface area contributed by atoms with Crippen molar-refractivity contribution in [3.63, 3.8) is 0 Å². The van der Waals surface area contributed by atoms with Crippen molar-refractivity contribution in [2.45, 2.75) is 13.0 Å². The lowest BCUT2D eigenvalue weighted by Gasteiger charge is -2.09. The Morgan fingerprint density at radius 3 is 2.64 bits per heavy atom. The maximum Gasteiger partial charge on any atom is 0.0768 e. The van der Waals surface area contributed by atoms with Gasteiger partial charge < -0.3 is 5.11 Å². The average molecular weight is 207 g/mol. The van der Waals surface area contributed by atoms with E-state index < -0.39 is 6.10 Å². The Kier molecular flexibility index (Phi) is 2.44. The number of aliphatic hydroxyl groups excluding tert-OH is 1. The molecule has 0 aliphatic heterocycles. The van der Waals surface area contributed by atoms with Crippen LogP contribution in [0.15, 0.2) is 36.4 Å². The molecule has 0 saturated heterocycles. The minimum atomic E-state index is -0.487. The van der Waals surface area contributed by atoms with E-state index in [-0.39, 0.29) is 0 Å². The van der Waals surface area contributed by atoms with Gasteiger partial charge in [-0.25, -0.2) is 0 Å². The Labute approximate surface area is 87.9 Å². The fraction of sp³-hybridized carbons (Fsp3) is 0.167. The molecule has 1 N–H and O–H groups in total. The van der Waals surface area contributed by atoms with E-state index in [0.717, 1.165) is 16.3 Å². The molecule has 0 saturated carbocycles. The summed E-state index contributed by atoms with van der Waals surface area (Å²) in [6, 6.07) is 11.6. The van der Waals surface area contributed by atoms with Crippen molar-refractivity contribution in [2.75, 3.05) is 0 Å². The van der Waals surface area contributed by atoms with Crippen LogP contribution in [0, 0.1) is 0 Å². The summed E-state index contributed by atoms with van der Waals surface area (Å²) in [5.74, 6) is 0. The monoisotopic (exact) mass is 206 g/mol. The lowest BCUT2D eigenvalue weighted by molar-refractivity contribution is 0.201. The summed E-state index contributed by atoms with van der Waals surface area (Å²) in [7, 11) is 0. The predicted molar refractivity (Wildman–Crippen MR) is 59.6 cm³/mol. The van der Waals surface area contributed by atoms with Crippen molar-refractivity contribution in [3.05, 3.63) is 47.0 Å². The van der Waals surface area contributed by atoms with E-state index in [9.17, 15) is 5.11 Å². The Balaban J connectivity index is 2.80. The van der Waals surface area contributed by atoms with Crippen LogP contribution < -0.4 is 0 Å². The van der Waals surface area contributed by atoms with Crippen LogP contribution >= 0.6 is 11.6 Å². The topological polar surface area (TPSA) is 20.2 Å². The minimum absolute atomic E-state index is 0.487. The molecule has 2 rings (SSSR count). The number of hydrogen-bond donors (Lipinski definition) is 1. The molecule has 1 nitrogen and oxygen atoms in total. The van der Waals surface area contributed by atoms with Crippen molar-refractivity contribution >= 4 is 22.4 Å². The molecule has 0 bridgehead atoms. The van der Waals surface area contributed by atoms with Gasteiger partial charge in [-0.15, -0.1) is 0 Å². The number of aliphatic hydroxyl groups is 1. The van der Waals surface area contributed by atoms with Crippen LogP contribution in [0.4, 0.5) is 0 Å². The van der Waals surface area contributed by atoms with Crippen LogP contribution in [0.3, 0.4) is 0 Å². The number of hydrogen-bond acceptors (Lipinski definition) is 1. The maximum absolute atomic E-state index is 9.59. The Morgan fingerprint density at radius 1 is 1.21 bits per heavy atom. The smallest absolute Gasteiger partial charge is 0.0768 e. The summed E-state index contributed by atoms with van der Waals surface area (Å²) < 4.78 is 0. The highest BCUT2D eigenvalue weighted by Gasteiger charge is 2.07. The second-order valence-corrected chi connectivity index (χ2v) is 3.83. The standard InChI is InChI=1S/C12H11ClO/c1-8(14)12-7-10(13)6-9-4-2-3-5-11(9)12/h2-8,14H,1H3. The molecular weight excluding hydrogens is 196 g/mol. The summed E-state index contributed by atoms with van der Waals surface area (Å²) >= 11 is 5.96. The third-order valence-electron chi connectivity index (χ3n) is 2.31. The van der Waals surface area contributed by atoms with Gasteiger partial charge in [-0.05, 0) is 35.4 Å². The zero-order valence-corrected chi connectivity index (χ0v) is 8.62.